The first kappa shape index (κ1) is 17.9. The molecule has 25 heavy (non-hydrogen) atoms. The Labute approximate surface area is 149 Å². The van der Waals surface area contributed by atoms with E-state index in [1.54, 1.807) is 4.90 Å². The highest BCUT2D eigenvalue weighted by molar-refractivity contribution is 5.87. The van der Waals surface area contributed by atoms with Gasteiger partial charge in [0.1, 0.15) is 6.04 Å². The van der Waals surface area contributed by atoms with Crippen LogP contribution in [0.1, 0.15) is 38.2 Å². The van der Waals surface area contributed by atoms with E-state index in [2.05, 4.69) is 29.6 Å². The van der Waals surface area contributed by atoms with Crippen molar-refractivity contribution < 1.29 is 14.3 Å². The number of nitrogens with zero attached hydrogens (tertiary/aromatic N) is 1. The van der Waals surface area contributed by atoms with Crippen molar-refractivity contribution in [2.75, 3.05) is 26.3 Å². The molecule has 1 saturated carbocycles. The summed E-state index contributed by atoms with van der Waals surface area (Å²) in [4.78, 5) is 26.1. The number of carbonyl (C=O) groups excluding carboxylic acids is 2. The topological polar surface area (TPSA) is 58.6 Å². The molecule has 1 atom stereocenters. The highest BCUT2D eigenvalue weighted by atomic mass is 16.5. The molecule has 2 aliphatic rings. The number of hydrogen-bond donors (Lipinski definition) is 1. The summed E-state index contributed by atoms with van der Waals surface area (Å²) in [7, 11) is 0. The molecule has 1 aromatic rings. The quantitative estimate of drug-likeness (QED) is 0.890. The van der Waals surface area contributed by atoms with Crippen LogP contribution in [-0.2, 0) is 20.7 Å². The summed E-state index contributed by atoms with van der Waals surface area (Å²) < 4.78 is 5.42. The Morgan fingerprint density at radius 3 is 2.64 bits per heavy atom. The summed E-state index contributed by atoms with van der Waals surface area (Å²) in [6.07, 6.45) is 5.70. The van der Waals surface area contributed by atoms with Crippen LogP contribution in [0.4, 0.5) is 0 Å². The van der Waals surface area contributed by atoms with Crippen LogP contribution >= 0.6 is 0 Å². The van der Waals surface area contributed by atoms with Gasteiger partial charge < -0.3 is 15.0 Å². The van der Waals surface area contributed by atoms with Gasteiger partial charge in [-0.3, -0.25) is 9.59 Å². The lowest BCUT2D eigenvalue weighted by atomic mass is 9.80. The van der Waals surface area contributed by atoms with Gasteiger partial charge in [-0.2, -0.15) is 0 Å². The Bertz CT molecular complexity index is 596. The number of nitrogens with one attached hydrogen (secondary N) is 1. The van der Waals surface area contributed by atoms with Crippen molar-refractivity contribution in [3.05, 3.63) is 35.9 Å². The van der Waals surface area contributed by atoms with E-state index >= 15 is 0 Å². The first-order chi connectivity index (χ1) is 12.1. The minimum atomic E-state index is -0.499. The summed E-state index contributed by atoms with van der Waals surface area (Å²) in [5, 5.41) is 3.13. The van der Waals surface area contributed by atoms with E-state index in [0.717, 1.165) is 19.3 Å². The van der Waals surface area contributed by atoms with Gasteiger partial charge in [-0.1, -0.05) is 43.2 Å². The van der Waals surface area contributed by atoms with Crippen LogP contribution in [0.5, 0.6) is 0 Å². The lowest BCUT2D eigenvalue weighted by molar-refractivity contribution is -0.147. The van der Waals surface area contributed by atoms with Gasteiger partial charge in [-0.15, -0.1) is 0 Å². The summed E-state index contributed by atoms with van der Waals surface area (Å²) in [5.41, 5.74) is 1.46. The van der Waals surface area contributed by atoms with Crippen LogP contribution in [0, 0.1) is 5.41 Å². The fraction of sp³-hybridized carbons (Fsp3) is 0.600. The number of morpholine rings is 1. The molecule has 0 aromatic heterocycles. The van der Waals surface area contributed by atoms with Crippen LogP contribution in [0.25, 0.3) is 0 Å². The van der Waals surface area contributed by atoms with Crippen molar-refractivity contribution >= 4 is 11.8 Å². The fourth-order valence-electron chi connectivity index (χ4n) is 4.16. The number of carbonyl (C=O) groups is 2. The lowest BCUT2D eigenvalue weighted by Gasteiger charge is -2.35. The molecule has 5 heteroatoms. The Morgan fingerprint density at radius 2 is 1.96 bits per heavy atom. The van der Waals surface area contributed by atoms with Gasteiger partial charge in [0.05, 0.1) is 13.2 Å². The molecule has 0 unspecified atom stereocenters. The molecule has 0 spiro atoms. The van der Waals surface area contributed by atoms with Crippen LogP contribution in [0.2, 0.25) is 0 Å². The zero-order valence-electron chi connectivity index (χ0n) is 15.0. The Kier molecular flexibility index (Phi) is 5.74. The minimum Gasteiger partial charge on any atom is -0.377 e. The normalized spacial score (nSPS) is 22.6. The third kappa shape index (κ3) is 4.40. The van der Waals surface area contributed by atoms with E-state index in [4.69, 9.17) is 4.74 Å². The smallest absolute Gasteiger partial charge is 0.245 e. The first-order valence-corrected chi connectivity index (χ1v) is 9.26. The average Bonchev–Trinajstić information content (AvgIpc) is 3.09. The Hall–Kier alpha value is -1.88. The Morgan fingerprint density at radius 1 is 1.24 bits per heavy atom. The predicted octanol–water partition coefficient (Wildman–Crippen LogP) is 2.15. The second kappa shape index (κ2) is 8.00. The molecule has 1 aliphatic heterocycles. The SMILES string of the molecule is CC(=O)N1CCOC[C@@H]1C(=O)NCC1(Cc2ccccc2)CCCC1. The van der Waals surface area contributed by atoms with Gasteiger partial charge in [0, 0.05) is 20.0 Å². The zero-order valence-corrected chi connectivity index (χ0v) is 15.0. The fourth-order valence-corrected chi connectivity index (χ4v) is 4.16. The van der Waals surface area contributed by atoms with Crippen LogP contribution in [-0.4, -0.2) is 49.1 Å². The van der Waals surface area contributed by atoms with E-state index in [9.17, 15) is 9.59 Å². The zero-order chi connectivity index (χ0) is 17.7. The number of hydrogen-bond acceptors (Lipinski definition) is 3. The van der Waals surface area contributed by atoms with E-state index in [1.165, 1.54) is 25.3 Å². The van der Waals surface area contributed by atoms with Gasteiger partial charge in [0.2, 0.25) is 11.8 Å². The molecule has 1 saturated heterocycles. The van der Waals surface area contributed by atoms with Gasteiger partial charge in [0.25, 0.3) is 0 Å². The molecule has 1 heterocycles. The molecule has 0 radical (unpaired) electrons. The molecule has 3 rings (SSSR count). The second-order valence-corrected chi connectivity index (χ2v) is 7.39. The van der Waals surface area contributed by atoms with Gasteiger partial charge in [-0.05, 0) is 30.2 Å². The number of rotatable bonds is 5. The third-order valence-electron chi connectivity index (χ3n) is 5.56. The highest BCUT2D eigenvalue weighted by Crippen LogP contribution is 2.40. The maximum absolute atomic E-state index is 12.7. The van der Waals surface area contributed by atoms with Crippen molar-refractivity contribution in [3.63, 3.8) is 0 Å². The van der Waals surface area contributed by atoms with Crippen molar-refractivity contribution in [2.45, 2.75) is 45.1 Å². The van der Waals surface area contributed by atoms with Crippen LogP contribution in [0.3, 0.4) is 0 Å². The first-order valence-electron chi connectivity index (χ1n) is 9.26. The molecule has 2 fully saturated rings. The lowest BCUT2D eigenvalue weighted by Crippen LogP contribution is -2.56. The summed E-state index contributed by atoms with van der Waals surface area (Å²) in [6, 6.07) is 10.00. The Balaban J connectivity index is 1.63. The molecule has 5 nitrogen and oxygen atoms in total. The summed E-state index contributed by atoms with van der Waals surface area (Å²) in [5.74, 6) is -0.155. The van der Waals surface area contributed by atoms with Gasteiger partial charge >= 0.3 is 0 Å². The van der Waals surface area contributed by atoms with Crippen molar-refractivity contribution in [1.82, 2.24) is 10.2 Å². The van der Waals surface area contributed by atoms with E-state index < -0.39 is 6.04 Å². The van der Waals surface area contributed by atoms with Crippen LogP contribution < -0.4 is 5.32 Å². The third-order valence-corrected chi connectivity index (χ3v) is 5.56. The molecule has 2 amide bonds. The molecule has 0 bridgehead atoms. The second-order valence-electron chi connectivity index (χ2n) is 7.39. The molecule has 1 aromatic carbocycles. The standard InChI is InChI=1S/C20H28N2O3/c1-16(23)22-11-12-25-14-18(22)19(24)21-15-20(9-5-6-10-20)13-17-7-3-2-4-8-17/h2-4,7-8,18H,5-6,9-15H2,1H3,(H,21,24)/t18-/m1/s1. The molecule has 1 N–H and O–H groups in total. The maximum Gasteiger partial charge on any atom is 0.245 e. The largest absolute Gasteiger partial charge is 0.377 e. The number of benzene rings is 1. The number of amides is 2. The molecular weight excluding hydrogens is 316 g/mol. The average molecular weight is 344 g/mol. The van der Waals surface area contributed by atoms with Crippen molar-refractivity contribution in [2.24, 2.45) is 5.41 Å². The maximum atomic E-state index is 12.7. The van der Waals surface area contributed by atoms with Crippen molar-refractivity contribution in [1.29, 1.82) is 0 Å². The van der Waals surface area contributed by atoms with Crippen LogP contribution in [0.15, 0.2) is 30.3 Å². The monoisotopic (exact) mass is 344 g/mol. The number of ether oxygens (including phenoxy) is 1. The molecule has 136 valence electrons. The van der Waals surface area contributed by atoms with E-state index in [-0.39, 0.29) is 23.8 Å². The predicted molar refractivity (Wildman–Crippen MR) is 96.1 cm³/mol. The van der Waals surface area contributed by atoms with E-state index in [1.807, 2.05) is 6.07 Å². The molecule has 1 aliphatic carbocycles. The van der Waals surface area contributed by atoms with Crippen molar-refractivity contribution in [3.8, 4) is 0 Å². The van der Waals surface area contributed by atoms with Gasteiger partial charge in [-0.25, -0.2) is 0 Å². The minimum absolute atomic E-state index is 0.0664. The van der Waals surface area contributed by atoms with Gasteiger partial charge in [0.15, 0.2) is 0 Å². The van der Waals surface area contributed by atoms with E-state index in [0.29, 0.717) is 19.7 Å². The summed E-state index contributed by atoms with van der Waals surface area (Å²) in [6.45, 7) is 3.46. The summed E-state index contributed by atoms with van der Waals surface area (Å²) >= 11 is 0. The molecular formula is C20H28N2O3. The highest BCUT2D eigenvalue weighted by Gasteiger charge is 2.36.